The summed E-state index contributed by atoms with van der Waals surface area (Å²) in [6.45, 7) is 3.31. The summed E-state index contributed by atoms with van der Waals surface area (Å²) in [4.78, 5) is 0. The Morgan fingerprint density at radius 1 is 1.32 bits per heavy atom. The van der Waals surface area contributed by atoms with E-state index < -0.39 is 6.10 Å². The average Bonchev–Trinajstić information content (AvgIpc) is 2.95. The molecule has 4 nitrogen and oxygen atoms in total. The van der Waals surface area contributed by atoms with Gasteiger partial charge in [-0.3, -0.25) is 0 Å². The third-order valence-electron chi connectivity index (χ3n) is 3.51. The van der Waals surface area contributed by atoms with Gasteiger partial charge in [0.25, 0.3) is 0 Å². The van der Waals surface area contributed by atoms with Gasteiger partial charge in [-0.25, -0.2) is 4.39 Å². The Bertz CT molecular complexity index is 597. The Morgan fingerprint density at radius 3 is 2.91 bits per heavy atom. The van der Waals surface area contributed by atoms with Gasteiger partial charge in [0.2, 0.25) is 0 Å². The van der Waals surface area contributed by atoms with Gasteiger partial charge in [0.1, 0.15) is 17.3 Å². The van der Waals surface area contributed by atoms with E-state index in [9.17, 15) is 9.50 Å². The summed E-state index contributed by atoms with van der Waals surface area (Å²) in [5.74, 6) is 1.20. The van der Waals surface area contributed by atoms with E-state index in [1.54, 1.807) is 20.1 Å². The zero-order valence-electron chi connectivity index (χ0n) is 12.9. The van der Waals surface area contributed by atoms with Crippen molar-refractivity contribution in [2.45, 2.75) is 26.0 Å². The molecule has 0 aliphatic heterocycles. The Hall–Kier alpha value is -1.69. The maximum atomic E-state index is 13.6. The minimum absolute atomic E-state index is 0.235. The zero-order valence-corrected chi connectivity index (χ0v) is 12.9. The van der Waals surface area contributed by atoms with Gasteiger partial charge in [-0.05, 0) is 43.7 Å². The number of aliphatic hydroxyl groups excluding tert-OH is 1. The molecule has 0 fully saturated rings. The molecule has 0 aliphatic rings. The molecule has 22 heavy (non-hydrogen) atoms. The SMILES string of the molecule is COCC(O)CCNCc1ccc(-c2cccc(F)c2C)o1. The lowest BCUT2D eigenvalue weighted by Gasteiger charge is -2.09. The number of hydrogen-bond donors (Lipinski definition) is 2. The van der Waals surface area contributed by atoms with Crippen molar-refractivity contribution in [3.63, 3.8) is 0 Å². The van der Waals surface area contributed by atoms with Gasteiger partial charge < -0.3 is 19.6 Å². The number of furan rings is 1. The summed E-state index contributed by atoms with van der Waals surface area (Å²) in [6.07, 6.45) is 0.157. The van der Waals surface area contributed by atoms with Gasteiger partial charge in [-0.1, -0.05) is 12.1 Å². The minimum Gasteiger partial charge on any atom is -0.460 e. The molecule has 0 bridgehead atoms. The van der Waals surface area contributed by atoms with Crippen LogP contribution in [0.15, 0.2) is 34.7 Å². The van der Waals surface area contributed by atoms with Crippen molar-refractivity contribution in [2.24, 2.45) is 0 Å². The van der Waals surface area contributed by atoms with Crippen molar-refractivity contribution in [1.29, 1.82) is 0 Å². The summed E-state index contributed by atoms with van der Waals surface area (Å²) >= 11 is 0. The summed E-state index contributed by atoms with van der Waals surface area (Å²) in [6, 6.07) is 8.68. The van der Waals surface area contributed by atoms with E-state index >= 15 is 0 Å². The highest BCUT2D eigenvalue weighted by molar-refractivity contribution is 5.62. The molecule has 0 amide bonds. The lowest BCUT2D eigenvalue weighted by atomic mass is 10.1. The minimum atomic E-state index is -0.459. The van der Waals surface area contributed by atoms with Crippen LogP contribution >= 0.6 is 0 Å². The van der Waals surface area contributed by atoms with Gasteiger partial charge in [0.05, 0.1) is 19.3 Å². The van der Waals surface area contributed by atoms with E-state index in [1.807, 2.05) is 18.2 Å². The number of ether oxygens (including phenoxy) is 1. The van der Waals surface area contributed by atoms with Crippen molar-refractivity contribution >= 4 is 0 Å². The summed E-state index contributed by atoms with van der Waals surface area (Å²) in [5.41, 5.74) is 1.35. The van der Waals surface area contributed by atoms with E-state index in [2.05, 4.69) is 5.32 Å². The van der Waals surface area contributed by atoms with E-state index in [0.717, 1.165) is 11.3 Å². The number of aliphatic hydroxyl groups is 1. The molecule has 0 aliphatic carbocycles. The number of nitrogens with one attached hydrogen (secondary N) is 1. The number of rotatable bonds is 8. The second kappa shape index (κ2) is 8.08. The molecule has 5 heteroatoms. The standard InChI is InChI=1S/C17H22FNO3/c1-12-15(4-3-5-16(12)18)17-7-6-14(22-17)10-19-9-8-13(20)11-21-2/h3-7,13,19-20H,8-11H2,1-2H3. The number of hydrogen-bond acceptors (Lipinski definition) is 4. The molecule has 2 N–H and O–H groups in total. The van der Waals surface area contributed by atoms with Crippen molar-refractivity contribution in [3.05, 3.63) is 47.5 Å². The predicted molar refractivity (Wildman–Crippen MR) is 83.0 cm³/mol. The lowest BCUT2D eigenvalue weighted by Crippen LogP contribution is -2.22. The smallest absolute Gasteiger partial charge is 0.134 e. The van der Waals surface area contributed by atoms with Crippen LogP contribution < -0.4 is 5.32 Å². The highest BCUT2D eigenvalue weighted by Gasteiger charge is 2.10. The van der Waals surface area contributed by atoms with Gasteiger partial charge in [-0.15, -0.1) is 0 Å². The van der Waals surface area contributed by atoms with Crippen LogP contribution in [0.2, 0.25) is 0 Å². The van der Waals surface area contributed by atoms with E-state index in [1.165, 1.54) is 6.07 Å². The maximum absolute atomic E-state index is 13.6. The molecule has 1 atom stereocenters. The monoisotopic (exact) mass is 307 g/mol. The summed E-state index contributed by atoms with van der Waals surface area (Å²) < 4.78 is 24.2. The van der Waals surface area contributed by atoms with E-state index in [4.69, 9.17) is 9.15 Å². The maximum Gasteiger partial charge on any atom is 0.134 e. The second-order valence-corrected chi connectivity index (χ2v) is 5.25. The Balaban J connectivity index is 1.88. The molecule has 0 saturated heterocycles. The molecule has 0 saturated carbocycles. The van der Waals surface area contributed by atoms with Gasteiger partial charge in [0, 0.05) is 12.7 Å². The van der Waals surface area contributed by atoms with Crippen LogP contribution in [0.5, 0.6) is 0 Å². The van der Waals surface area contributed by atoms with Crippen LogP contribution in [0, 0.1) is 12.7 Å². The topological polar surface area (TPSA) is 54.6 Å². The van der Waals surface area contributed by atoms with Crippen LogP contribution in [-0.2, 0) is 11.3 Å². The molecular formula is C17H22FNO3. The van der Waals surface area contributed by atoms with E-state index in [-0.39, 0.29) is 5.82 Å². The molecule has 120 valence electrons. The first kappa shape index (κ1) is 16.7. The average molecular weight is 307 g/mol. The highest BCUT2D eigenvalue weighted by Crippen LogP contribution is 2.26. The molecule has 2 aromatic rings. The van der Waals surface area contributed by atoms with Crippen molar-refractivity contribution in [3.8, 4) is 11.3 Å². The van der Waals surface area contributed by atoms with Crippen molar-refractivity contribution in [1.82, 2.24) is 5.32 Å². The first-order valence-corrected chi connectivity index (χ1v) is 7.33. The predicted octanol–water partition coefficient (Wildman–Crippen LogP) is 2.88. The molecule has 2 rings (SSSR count). The molecule has 1 unspecified atom stereocenters. The highest BCUT2D eigenvalue weighted by atomic mass is 19.1. The molecule has 1 heterocycles. The zero-order chi connectivity index (χ0) is 15.9. The fourth-order valence-corrected chi connectivity index (χ4v) is 2.25. The van der Waals surface area contributed by atoms with Crippen LogP contribution in [0.1, 0.15) is 17.7 Å². The van der Waals surface area contributed by atoms with E-state index in [0.29, 0.717) is 37.4 Å². The third kappa shape index (κ3) is 4.40. The fraction of sp³-hybridized carbons (Fsp3) is 0.412. The third-order valence-corrected chi connectivity index (χ3v) is 3.51. The summed E-state index contributed by atoms with van der Waals surface area (Å²) in [7, 11) is 1.56. The van der Waals surface area contributed by atoms with Crippen LogP contribution in [0.25, 0.3) is 11.3 Å². The van der Waals surface area contributed by atoms with Crippen molar-refractivity contribution in [2.75, 3.05) is 20.3 Å². The van der Waals surface area contributed by atoms with Gasteiger partial charge in [0.15, 0.2) is 0 Å². The molecule has 1 aromatic heterocycles. The fourth-order valence-electron chi connectivity index (χ4n) is 2.25. The molecule has 1 aromatic carbocycles. The van der Waals surface area contributed by atoms with Crippen LogP contribution in [0.4, 0.5) is 4.39 Å². The Kier molecular flexibility index (Phi) is 6.12. The van der Waals surface area contributed by atoms with Crippen LogP contribution in [0.3, 0.4) is 0 Å². The largest absolute Gasteiger partial charge is 0.460 e. The summed E-state index contributed by atoms with van der Waals surface area (Å²) in [5, 5.41) is 12.7. The number of benzene rings is 1. The first-order chi connectivity index (χ1) is 10.6. The Labute approximate surface area is 129 Å². The Morgan fingerprint density at radius 2 is 2.14 bits per heavy atom. The normalized spacial score (nSPS) is 12.5. The molecule has 0 radical (unpaired) electrons. The van der Waals surface area contributed by atoms with Crippen molar-refractivity contribution < 1.29 is 18.7 Å². The van der Waals surface area contributed by atoms with Gasteiger partial charge >= 0.3 is 0 Å². The second-order valence-electron chi connectivity index (χ2n) is 5.25. The number of methoxy groups -OCH3 is 1. The number of halogens is 1. The quantitative estimate of drug-likeness (QED) is 0.736. The lowest BCUT2D eigenvalue weighted by molar-refractivity contribution is 0.0593. The first-order valence-electron chi connectivity index (χ1n) is 7.33. The molecular weight excluding hydrogens is 285 g/mol. The van der Waals surface area contributed by atoms with Crippen LogP contribution in [-0.4, -0.2) is 31.5 Å². The molecule has 0 spiro atoms. The van der Waals surface area contributed by atoms with Gasteiger partial charge in [-0.2, -0.15) is 0 Å².